The highest BCUT2D eigenvalue weighted by Gasteiger charge is 2.34. The van der Waals surface area contributed by atoms with Crippen molar-refractivity contribution in [2.24, 2.45) is 5.41 Å². The standard InChI is InChI=1S/C36H54N2O2S/c1-26(2)14-12-15-27(3)16-13-17-28(4)20-21-41-25-33(30(6)39)37-35(40)34-22-31-18-10-11-19-32(31)24-38(34)29(5)23-36(7,8)9/h10-11,14,16,18-20,33-34,39H,5-6,12-13,15,17,21-25H2,1-4,7-9H3,(H,37,40)/b27-16+,28-20+. The molecule has 41 heavy (non-hydrogen) atoms. The van der Waals surface area contributed by atoms with Crippen LogP contribution in [0.15, 0.2) is 83.8 Å². The summed E-state index contributed by atoms with van der Waals surface area (Å²) in [5.74, 6) is 1.31. The van der Waals surface area contributed by atoms with Gasteiger partial charge in [-0.3, -0.25) is 4.79 Å². The first-order chi connectivity index (χ1) is 19.3. The van der Waals surface area contributed by atoms with Crippen LogP contribution in [0.4, 0.5) is 0 Å². The average Bonchev–Trinajstić information content (AvgIpc) is 2.88. The highest BCUT2D eigenvalue weighted by Crippen LogP contribution is 2.32. The Kier molecular flexibility index (Phi) is 14.1. The molecule has 2 unspecified atom stereocenters. The van der Waals surface area contributed by atoms with Crippen LogP contribution in [0.25, 0.3) is 0 Å². The Morgan fingerprint density at radius 2 is 1.66 bits per heavy atom. The SMILES string of the molecule is C=C(O)C(CSC/C=C(\C)CC/C=C(\C)CCC=C(C)C)NC(=O)C1Cc2ccccc2CN1C(=C)CC(C)(C)C. The number of thioether (sulfide) groups is 1. The minimum absolute atomic E-state index is 0.00319. The molecular weight excluding hydrogens is 524 g/mol. The third-order valence-electron chi connectivity index (χ3n) is 7.37. The molecule has 226 valence electrons. The Morgan fingerprint density at radius 1 is 1.05 bits per heavy atom. The van der Waals surface area contributed by atoms with E-state index in [1.807, 2.05) is 12.1 Å². The number of fused-ring (bicyclic) bond motifs is 1. The molecule has 0 saturated heterocycles. The Balaban J connectivity index is 1.94. The third kappa shape index (κ3) is 12.8. The van der Waals surface area contributed by atoms with E-state index in [0.717, 1.165) is 43.6 Å². The van der Waals surface area contributed by atoms with Gasteiger partial charge in [0.05, 0.1) is 6.04 Å². The molecule has 0 aromatic heterocycles. The molecule has 4 nitrogen and oxygen atoms in total. The predicted octanol–water partition coefficient (Wildman–Crippen LogP) is 9.07. The number of hydrogen-bond acceptors (Lipinski definition) is 4. The van der Waals surface area contributed by atoms with Crippen molar-refractivity contribution >= 4 is 17.7 Å². The second-order valence-corrected chi connectivity index (χ2v) is 14.0. The number of aliphatic hydroxyl groups is 1. The molecule has 1 amide bonds. The van der Waals surface area contributed by atoms with Gasteiger partial charge >= 0.3 is 0 Å². The van der Waals surface area contributed by atoms with Crippen molar-refractivity contribution in [3.8, 4) is 0 Å². The van der Waals surface area contributed by atoms with E-state index in [4.69, 9.17) is 0 Å². The van der Waals surface area contributed by atoms with Gasteiger partial charge in [0.15, 0.2) is 0 Å². The van der Waals surface area contributed by atoms with Gasteiger partial charge in [-0.2, -0.15) is 11.8 Å². The maximum absolute atomic E-state index is 13.6. The van der Waals surface area contributed by atoms with Crippen LogP contribution in [0.1, 0.15) is 91.7 Å². The van der Waals surface area contributed by atoms with Gasteiger partial charge < -0.3 is 15.3 Å². The lowest BCUT2D eigenvalue weighted by Gasteiger charge is -2.40. The van der Waals surface area contributed by atoms with Gasteiger partial charge in [0.1, 0.15) is 11.8 Å². The molecule has 0 aliphatic carbocycles. The monoisotopic (exact) mass is 578 g/mol. The molecule has 1 aromatic carbocycles. The zero-order chi connectivity index (χ0) is 30.6. The van der Waals surface area contributed by atoms with Crippen molar-refractivity contribution in [3.05, 3.63) is 95.0 Å². The summed E-state index contributed by atoms with van der Waals surface area (Å²) in [7, 11) is 0. The summed E-state index contributed by atoms with van der Waals surface area (Å²) in [5, 5.41) is 13.4. The zero-order valence-corrected chi connectivity index (χ0v) is 27.5. The summed E-state index contributed by atoms with van der Waals surface area (Å²) in [6.07, 6.45) is 12.7. The first kappa shape index (κ1) is 34.5. The quantitative estimate of drug-likeness (QED) is 0.124. The lowest BCUT2D eigenvalue weighted by Crippen LogP contribution is -2.53. The van der Waals surface area contributed by atoms with Crippen LogP contribution in [0.2, 0.25) is 0 Å². The minimum atomic E-state index is -0.498. The third-order valence-corrected chi connectivity index (χ3v) is 8.34. The summed E-state index contributed by atoms with van der Waals surface area (Å²) in [6, 6.07) is 7.45. The summed E-state index contributed by atoms with van der Waals surface area (Å²) >= 11 is 1.70. The summed E-state index contributed by atoms with van der Waals surface area (Å²) in [6.45, 7) is 24.1. The molecule has 0 fully saturated rings. The Bertz CT molecular complexity index is 1130. The Morgan fingerprint density at radius 3 is 2.27 bits per heavy atom. The van der Waals surface area contributed by atoms with Gasteiger partial charge in [0, 0.05) is 30.2 Å². The van der Waals surface area contributed by atoms with Crippen LogP contribution in [0.3, 0.4) is 0 Å². The molecule has 1 aromatic rings. The molecule has 1 heterocycles. The van der Waals surface area contributed by atoms with Crippen molar-refractivity contribution in [2.75, 3.05) is 11.5 Å². The Hall–Kier alpha value is -2.66. The van der Waals surface area contributed by atoms with Gasteiger partial charge in [-0.25, -0.2) is 0 Å². The number of benzene rings is 1. The van der Waals surface area contributed by atoms with Crippen molar-refractivity contribution in [3.63, 3.8) is 0 Å². The molecule has 1 aliphatic rings. The number of allylic oxidation sites excluding steroid dienone is 6. The second-order valence-electron chi connectivity index (χ2n) is 13.0. The molecule has 1 aliphatic heterocycles. The number of aliphatic hydroxyl groups excluding tert-OH is 1. The molecule has 0 radical (unpaired) electrons. The number of amides is 1. The van der Waals surface area contributed by atoms with E-state index in [9.17, 15) is 9.90 Å². The molecule has 0 spiro atoms. The lowest BCUT2D eigenvalue weighted by atomic mass is 9.87. The van der Waals surface area contributed by atoms with Gasteiger partial charge in [-0.1, -0.05) is 93.1 Å². The smallest absolute Gasteiger partial charge is 0.243 e. The van der Waals surface area contributed by atoms with E-state index in [-0.39, 0.29) is 23.1 Å². The van der Waals surface area contributed by atoms with Gasteiger partial charge in [-0.05, 0) is 76.3 Å². The molecule has 0 bridgehead atoms. The van der Waals surface area contributed by atoms with E-state index in [1.165, 1.54) is 27.8 Å². The van der Waals surface area contributed by atoms with Crippen molar-refractivity contribution < 1.29 is 9.90 Å². The molecule has 2 atom stereocenters. The largest absolute Gasteiger partial charge is 0.511 e. The van der Waals surface area contributed by atoms with Crippen molar-refractivity contribution in [1.82, 2.24) is 10.2 Å². The minimum Gasteiger partial charge on any atom is -0.511 e. The number of rotatable bonds is 15. The summed E-state index contributed by atoms with van der Waals surface area (Å²) in [4.78, 5) is 15.8. The van der Waals surface area contributed by atoms with Crippen LogP contribution in [-0.4, -0.2) is 39.5 Å². The zero-order valence-electron chi connectivity index (χ0n) is 26.7. The summed E-state index contributed by atoms with van der Waals surface area (Å²) < 4.78 is 0. The number of carbonyl (C=O) groups is 1. The maximum atomic E-state index is 13.6. The lowest BCUT2D eigenvalue weighted by molar-refractivity contribution is -0.127. The molecule has 0 saturated carbocycles. The van der Waals surface area contributed by atoms with Gasteiger partial charge in [0.2, 0.25) is 5.91 Å². The van der Waals surface area contributed by atoms with Crippen LogP contribution in [0, 0.1) is 5.41 Å². The molecule has 2 N–H and O–H groups in total. The van der Waals surface area contributed by atoms with E-state index in [2.05, 4.69) is 102 Å². The van der Waals surface area contributed by atoms with Gasteiger partial charge in [-0.15, -0.1) is 0 Å². The van der Waals surface area contributed by atoms with E-state index in [0.29, 0.717) is 18.7 Å². The first-order valence-corrected chi connectivity index (χ1v) is 16.1. The predicted molar refractivity (Wildman–Crippen MR) is 179 cm³/mol. The van der Waals surface area contributed by atoms with Crippen LogP contribution < -0.4 is 5.32 Å². The van der Waals surface area contributed by atoms with Crippen LogP contribution in [-0.2, 0) is 17.8 Å². The van der Waals surface area contributed by atoms with E-state index in [1.54, 1.807) is 11.8 Å². The maximum Gasteiger partial charge on any atom is 0.243 e. The number of carbonyl (C=O) groups excluding carboxylic acids is 1. The number of nitrogens with zero attached hydrogens (tertiary/aromatic N) is 1. The fourth-order valence-electron chi connectivity index (χ4n) is 5.02. The molecule has 5 heteroatoms. The highest BCUT2D eigenvalue weighted by molar-refractivity contribution is 7.99. The Labute approximate surface area is 254 Å². The topological polar surface area (TPSA) is 52.6 Å². The number of nitrogens with one attached hydrogen (secondary N) is 1. The van der Waals surface area contributed by atoms with E-state index >= 15 is 0 Å². The first-order valence-electron chi connectivity index (χ1n) is 15.0. The second kappa shape index (κ2) is 16.7. The van der Waals surface area contributed by atoms with Crippen molar-refractivity contribution in [2.45, 2.75) is 106 Å². The fourth-order valence-corrected chi connectivity index (χ4v) is 6.07. The molecule has 2 rings (SSSR count). The molecular formula is C36H54N2O2S. The van der Waals surface area contributed by atoms with E-state index < -0.39 is 6.04 Å². The normalized spacial score (nSPS) is 16.6. The van der Waals surface area contributed by atoms with Crippen LogP contribution in [0.5, 0.6) is 0 Å². The fraction of sp³-hybridized carbons (Fsp3) is 0.528. The van der Waals surface area contributed by atoms with Gasteiger partial charge in [0.25, 0.3) is 0 Å². The van der Waals surface area contributed by atoms with Crippen molar-refractivity contribution in [1.29, 1.82) is 0 Å². The van der Waals surface area contributed by atoms with Crippen LogP contribution >= 0.6 is 11.8 Å². The average molecular weight is 579 g/mol. The highest BCUT2D eigenvalue weighted by atomic mass is 32.2. The number of hydrogen-bond donors (Lipinski definition) is 2. The summed E-state index contributed by atoms with van der Waals surface area (Å²) in [5.41, 5.74) is 7.67.